The molecule has 0 saturated heterocycles. The van der Waals surface area contributed by atoms with Gasteiger partial charge in [0, 0.05) is 37.0 Å². The van der Waals surface area contributed by atoms with Gasteiger partial charge in [0.05, 0.1) is 5.69 Å². The maximum atomic E-state index is 12.2. The van der Waals surface area contributed by atoms with Gasteiger partial charge in [-0.15, -0.1) is 0 Å². The lowest BCUT2D eigenvalue weighted by molar-refractivity contribution is 0.476. The first kappa shape index (κ1) is 17.6. The normalized spacial score (nSPS) is 12.2. The lowest BCUT2D eigenvalue weighted by Gasteiger charge is -2.09. The van der Waals surface area contributed by atoms with Crippen molar-refractivity contribution in [1.82, 2.24) is 14.7 Å². The molecule has 2 N–H and O–H groups in total. The average molecular weight is 326 g/mol. The van der Waals surface area contributed by atoms with E-state index in [0.717, 1.165) is 17.8 Å². The molecule has 2 aromatic heterocycles. The van der Waals surface area contributed by atoms with Gasteiger partial charge in [-0.25, -0.2) is 4.98 Å². The molecule has 0 saturated carbocycles. The molecule has 2 aromatic rings. The van der Waals surface area contributed by atoms with Gasteiger partial charge in [-0.1, -0.05) is 12.2 Å². The molecule has 0 amide bonds. The third kappa shape index (κ3) is 4.17. The Bertz CT molecular complexity index is 850. The number of hydrogen-bond donors (Lipinski definition) is 2. The SMILES string of the molecule is C=N/C(=C\C=C/C)CCNCc1cc(=O)n2c(C)ccc(O)c2n1. The fourth-order valence-corrected chi connectivity index (χ4v) is 2.34. The Labute approximate surface area is 140 Å². The van der Waals surface area contributed by atoms with Gasteiger partial charge in [0.1, 0.15) is 0 Å². The number of nitrogens with one attached hydrogen (secondary N) is 1. The van der Waals surface area contributed by atoms with Crippen LogP contribution in [0.15, 0.2) is 51.9 Å². The molecule has 2 heterocycles. The highest BCUT2D eigenvalue weighted by molar-refractivity contribution is 5.53. The number of nitrogens with zero attached hydrogens (tertiary/aromatic N) is 3. The van der Waals surface area contributed by atoms with Gasteiger partial charge in [0.25, 0.3) is 5.56 Å². The highest BCUT2D eigenvalue weighted by atomic mass is 16.3. The number of hydrogen-bond acceptors (Lipinski definition) is 5. The van der Waals surface area contributed by atoms with E-state index >= 15 is 0 Å². The van der Waals surface area contributed by atoms with Crippen LogP contribution in [0.3, 0.4) is 0 Å². The van der Waals surface area contributed by atoms with Crippen molar-refractivity contribution in [1.29, 1.82) is 0 Å². The van der Waals surface area contributed by atoms with Gasteiger partial charge in [0.2, 0.25) is 0 Å². The standard InChI is InChI=1S/C18H22N4O2/c1-4-5-6-14(19-3)9-10-20-12-15-11-17(24)22-13(2)7-8-16(23)18(22)21-15/h4-8,11,20,23H,3,9-10,12H2,1-2H3/b5-4-,14-6-. The largest absolute Gasteiger partial charge is 0.504 e. The van der Waals surface area contributed by atoms with Gasteiger partial charge in [-0.2, -0.15) is 0 Å². The molecule has 0 aliphatic carbocycles. The van der Waals surface area contributed by atoms with E-state index in [1.54, 1.807) is 19.1 Å². The van der Waals surface area contributed by atoms with Crippen LogP contribution in [0, 0.1) is 6.92 Å². The Morgan fingerprint density at radius 1 is 1.50 bits per heavy atom. The highest BCUT2D eigenvalue weighted by Crippen LogP contribution is 2.16. The molecule has 126 valence electrons. The van der Waals surface area contributed by atoms with Gasteiger partial charge in [-0.3, -0.25) is 14.2 Å². The second kappa shape index (κ2) is 8.21. The van der Waals surface area contributed by atoms with Gasteiger partial charge < -0.3 is 10.4 Å². The summed E-state index contributed by atoms with van der Waals surface area (Å²) in [6, 6.07) is 4.71. The lowest BCUT2D eigenvalue weighted by atomic mass is 10.2. The van der Waals surface area contributed by atoms with E-state index in [2.05, 4.69) is 22.0 Å². The lowest BCUT2D eigenvalue weighted by Crippen LogP contribution is -2.22. The second-order valence-corrected chi connectivity index (χ2v) is 5.37. The number of allylic oxidation sites excluding steroid dienone is 3. The second-order valence-electron chi connectivity index (χ2n) is 5.37. The van der Waals surface area contributed by atoms with Crippen LogP contribution < -0.4 is 10.9 Å². The monoisotopic (exact) mass is 326 g/mol. The molecule has 0 radical (unpaired) electrons. The van der Waals surface area contributed by atoms with Crippen molar-refractivity contribution < 1.29 is 5.11 Å². The van der Waals surface area contributed by atoms with Crippen molar-refractivity contribution in [3.63, 3.8) is 0 Å². The Balaban J connectivity index is 2.08. The van der Waals surface area contributed by atoms with Crippen molar-refractivity contribution >= 4 is 12.4 Å². The van der Waals surface area contributed by atoms with E-state index in [4.69, 9.17) is 0 Å². The Morgan fingerprint density at radius 3 is 3.00 bits per heavy atom. The summed E-state index contributed by atoms with van der Waals surface area (Å²) in [5.41, 5.74) is 2.29. The quantitative estimate of drug-likeness (QED) is 0.465. The van der Waals surface area contributed by atoms with E-state index in [9.17, 15) is 9.90 Å². The van der Waals surface area contributed by atoms with Crippen molar-refractivity contribution in [2.75, 3.05) is 6.54 Å². The van der Waals surface area contributed by atoms with E-state index in [1.807, 2.05) is 25.2 Å². The summed E-state index contributed by atoms with van der Waals surface area (Å²) < 4.78 is 1.40. The van der Waals surface area contributed by atoms with Crippen LogP contribution in [-0.4, -0.2) is 27.8 Å². The highest BCUT2D eigenvalue weighted by Gasteiger charge is 2.08. The number of aromatic hydroxyl groups is 1. The summed E-state index contributed by atoms with van der Waals surface area (Å²) in [7, 11) is 0. The van der Waals surface area contributed by atoms with Crippen LogP contribution >= 0.6 is 0 Å². The van der Waals surface area contributed by atoms with Gasteiger partial charge in [-0.05, 0) is 38.8 Å². The molecule has 6 heteroatoms. The number of aryl methyl sites for hydroxylation is 1. The number of pyridine rings is 1. The van der Waals surface area contributed by atoms with Crippen molar-refractivity contribution in [2.24, 2.45) is 4.99 Å². The summed E-state index contributed by atoms with van der Waals surface area (Å²) in [5, 5.41) is 13.2. The minimum absolute atomic E-state index is 0.00743. The topological polar surface area (TPSA) is 79.0 Å². The van der Waals surface area contributed by atoms with Gasteiger partial charge >= 0.3 is 0 Å². The zero-order valence-corrected chi connectivity index (χ0v) is 14.0. The molecular formula is C18H22N4O2. The van der Waals surface area contributed by atoms with Gasteiger partial charge in [0.15, 0.2) is 11.4 Å². The van der Waals surface area contributed by atoms with E-state index in [1.165, 1.54) is 10.5 Å². The molecule has 0 unspecified atom stereocenters. The number of aliphatic imine (C=N–C) groups is 1. The van der Waals surface area contributed by atoms with Crippen LogP contribution in [0.1, 0.15) is 24.7 Å². The zero-order chi connectivity index (χ0) is 17.5. The van der Waals surface area contributed by atoms with Crippen LogP contribution in [0.5, 0.6) is 5.75 Å². The summed E-state index contributed by atoms with van der Waals surface area (Å²) in [4.78, 5) is 20.6. The minimum atomic E-state index is -0.202. The number of aromatic nitrogens is 2. The summed E-state index contributed by atoms with van der Waals surface area (Å²) >= 11 is 0. The summed E-state index contributed by atoms with van der Waals surface area (Å²) in [5.74, 6) is -0.00743. The molecule has 0 aromatic carbocycles. The number of fused-ring (bicyclic) bond motifs is 1. The predicted octanol–water partition coefficient (Wildman–Crippen LogP) is 2.35. The molecule has 6 nitrogen and oxygen atoms in total. The van der Waals surface area contributed by atoms with E-state index in [-0.39, 0.29) is 17.0 Å². The third-order valence-electron chi connectivity index (χ3n) is 3.58. The molecule has 0 fully saturated rings. The van der Waals surface area contributed by atoms with Crippen LogP contribution in [0.2, 0.25) is 0 Å². The molecule has 24 heavy (non-hydrogen) atoms. The molecule has 0 aliphatic heterocycles. The number of rotatable bonds is 7. The molecule has 2 rings (SSSR count). The Hall–Kier alpha value is -2.73. The van der Waals surface area contributed by atoms with Crippen molar-refractivity contribution in [2.45, 2.75) is 26.8 Å². The third-order valence-corrected chi connectivity index (χ3v) is 3.58. The predicted molar refractivity (Wildman–Crippen MR) is 96.6 cm³/mol. The smallest absolute Gasteiger partial charge is 0.258 e. The Morgan fingerprint density at radius 2 is 2.29 bits per heavy atom. The maximum absolute atomic E-state index is 12.2. The van der Waals surface area contributed by atoms with E-state index < -0.39 is 0 Å². The first-order valence-corrected chi connectivity index (χ1v) is 7.77. The minimum Gasteiger partial charge on any atom is -0.504 e. The van der Waals surface area contributed by atoms with Crippen LogP contribution in [-0.2, 0) is 6.54 Å². The first-order chi connectivity index (χ1) is 11.6. The zero-order valence-electron chi connectivity index (χ0n) is 14.0. The van der Waals surface area contributed by atoms with Crippen LogP contribution in [0.4, 0.5) is 0 Å². The molecular weight excluding hydrogens is 304 g/mol. The average Bonchev–Trinajstić information content (AvgIpc) is 2.57. The van der Waals surface area contributed by atoms with Crippen molar-refractivity contribution in [3.8, 4) is 5.75 Å². The van der Waals surface area contributed by atoms with E-state index in [0.29, 0.717) is 18.8 Å². The summed E-state index contributed by atoms with van der Waals surface area (Å²) in [6.45, 7) is 8.41. The van der Waals surface area contributed by atoms with Crippen LogP contribution in [0.25, 0.3) is 5.65 Å². The molecule has 0 atom stereocenters. The Kier molecular flexibility index (Phi) is 6.03. The first-order valence-electron chi connectivity index (χ1n) is 7.77. The fraction of sp³-hybridized carbons (Fsp3) is 0.278. The molecule has 0 bridgehead atoms. The maximum Gasteiger partial charge on any atom is 0.258 e. The summed E-state index contributed by atoms with van der Waals surface area (Å²) in [6.07, 6.45) is 6.49. The molecule has 0 aliphatic rings. The molecule has 0 spiro atoms. The fourth-order valence-electron chi connectivity index (χ4n) is 2.34. The van der Waals surface area contributed by atoms with Crippen molar-refractivity contribution in [3.05, 3.63) is 63.9 Å².